The van der Waals surface area contributed by atoms with Crippen LogP contribution in [0, 0.1) is 5.41 Å². The van der Waals surface area contributed by atoms with Gasteiger partial charge in [0.2, 0.25) is 17.7 Å². The van der Waals surface area contributed by atoms with Gasteiger partial charge in [0.05, 0.1) is 24.9 Å². The summed E-state index contributed by atoms with van der Waals surface area (Å²) in [5.41, 5.74) is 0.485. The summed E-state index contributed by atoms with van der Waals surface area (Å²) in [4.78, 5) is 64.1. The van der Waals surface area contributed by atoms with Crippen molar-refractivity contribution in [3.63, 3.8) is 0 Å². The van der Waals surface area contributed by atoms with Gasteiger partial charge in [0.15, 0.2) is 5.82 Å². The molecule has 196 valence electrons. The third-order valence-electron chi connectivity index (χ3n) is 6.95. The first kappa shape index (κ1) is 25.9. The number of fused-ring (bicyclic) bond motifs is 1. The van der Waals surface area contributed by atoms with Crippen molar-refractivity contribution in [1.82, 2.24) is 31.3 Å². The van der Waals surface area contributed by atoms with Crippen LogP contribution in [0.15, 0.2) is 24.3 Å². The summed E-state index contributed by atoms with van der Waals surface area (Å²) in [6, 6.07) is 6.38. The summed E-state index contributed by atoms with van der Waals surface area (Å²) >= 11 is 0. The third-order valence-corrected chi connectivity index (χ3v) is 6.95. The Labute approximate surface area is 212 Å². The van der Waals surface area contributed by atoms with Crippen LogP contribution in [0.4, 0.5) is 5.69 Å². The van der Waals surface area contributed by atoms with Crippen molar-refractivity contribution < 1.29 is 29.1 Å². The highest BCUT2D eigenvalue weighted by Gasteiger charge is 2.43. The summed E-state index contributed by atoms with van der Waals surface area (Å²) in [5.74, 6) is -2.29. The molecule has 1 aromatic carbocycles. The zero-order valence-corrected chi connectivity index (χ0v) is 20.2. The van der Waals surface area contributed by atoms with E-state index >= 15 is 0 Å². The highest BCUT2D eigenvalue weighted by molar-refractivity contribution is 6.05. The monoisotopic (exact) mass is 511 g/mol. The minimum absolute atomic E-state index is 0.0410. The number of rotatable bonds is 11. The number of Topliss-reactive ketones (excluding diaryl/α,β-unsaturated/α-hetero) is 1. The molecular formula is C24H29N7O6. The number of aromatic amines is 1. The number of aliphatic carboxylic acids is 1. The number of ketones is 1. The predicted octanol–water partition coefficient (Wildman–Crippen LogP) is 0.274. The van der Waals surface area contributed by atoms with Gasteiger partial charge < -0.3 is 15.7 Å². The first-order chi connectivity index (χ1) is 17.8. The van der Waals surface area contributed by atoms with E-state index in [-0.39, 0.29) is 38.1 Å². The molecule has 0 radical (unpaired) electrons. The number of hydrogen-bond donors (Lipinski definition) is 4. The molecule has 13 heteroatoms. The first-order valence-electron chi connectivity index (χ1n) is 12.2. The lowest BCUT2D eigenvalue weighted by Gasteiger charge is -2.28. The summed E-state index contributed by atoms with van der Waals surface area (Å²) in [6.07, 6.45) is 2.41. The van der Waals surface area contributed by atoms with Gasteiger partial charge in [-0.3, -0.25) is 28.9 Å². The minimum atomic E-state index is -1.06. The van der Waals surface area contributed by atoms with Crippen LogP contribution in [0.2, 0.25) is 0 Å². The molecule has 0 spiro atoms. The van der Waals surface area contributed by atoms with E-state index in [9.17, 15) is 24.0 Å². The standard InChI is InChI=1S/C24H29N7O6/c32-16(7-8-21(34)35)12-24(9-3-4-10-24)23(37)26-14-20(33)31-17-6-2-1-5-15(17)11-18(31)22(36)25-13-19-27-29-30-28-19/h1-2,5-6,18H,3-4,7-14H2,(H,25,36)(H,26,37)(H,34,35)(H,27,28,29,30)/t18-/m0/s1. The lowest BCUT2D eigenvalue weighted by molar-refractivity contribution is -0.139. The van der Waals surface area contributed by atoms with Crippen molar-refractivity contribution in [2.24, 2.45) is 5.41 Å². The average molecular weight is 512 g/mol. The fourth-order valence-electron chi connectivity index (χ4n) is 5.12. The molecule has 1 fully saturated rings. The van der Waals surface area contributed by atoms with Crippen LogP contribution in [0.1, 0.15) is 56.3 Å². The highest BCUT2D eigenvalue weighted by Crippen LogP contribution is 2.42. The second-order valence-electron chi connectivity index (χ2n) is 9.44. The number of carbonyl (C=O) groups is 5. The first-order valence-corrected chi connectivity index (χ1v) is 12.2. The number of amides is 3. The second kappa shape index (κ2) is 11.3. The van der Waals surface area contributed by atoms with E-state index in [2.05, 4.69) is 31.3 Å². The van der Waals surface area contributed by atoms with Crippen molar-refractivity contribution in [2.75, 3.05) is 11.4 Å². The summed E-state index contributed by atoms with van der Waals surface area (Å²) in [6.45, 7) is -0.299. The molecule has 37 heavy (non-hydrogen) atoms. The van der Waals surface area contributed by atoms with Gasteiger partial charge in [-0.25, -0.2) is 0 Å². The third kappa shape index (κ3) is 5.98. The SMILES string of the molecule is O=C(O)CCC(=O)CC1(C(=O)NCC(=O)N2c3ccccc3C[C@H]2C(=O)NCc2nn[nH]n2)CCCC1. The molecule has 1 aliphatic carbocycles. The molecule has 2 aliphatic rings. The Kier molecular flexibility index (Phi) is 7.89. The molecule has 3 amide bonds. The maximum absolute atomic E-state index is 13.3. The van der Waals surface area contributed by atoms with Gasteiger partial charge in [-0.15, -0.1) is 10.2 Å². The molecule has 1 atom stereocenters. The maximum atomic E-state index is 13.3. The van der Waals surface area contributed by atoms with Crippen LogP contribution in [0.25, 0.3) is 0 Å². The number of nitrogens with zero attached hydrogens (tertiary/aromatic N) is 4. The summed E-state index contributed by atoms with van der Waals surface area (Å²) in [7, 11) is 0. The van der Waals surface area contributed by atoms with Gasteiger partial charge in [0, 0.05) is 24.9 Å². The average Bonchev–Trinajstić information content (AvgIpc) is 3.64. The normalized spacial score (nSPS) is 17.7. The fourth-order valence-corrected chi connectivity index (χ4v) is 5.12. The van der Waals surface area contributed by atoms with E-state index in [1.165, 1.54) is 4.90 Å². The molecule has 1 aromatic heterocycles. The van der Waals surface area contributed by atoms with Crippen molar-refractivity contribution in [3.05, 3.63) is 35.7 Å². The second-order valence-corrected chi connectivity index (χ2v) is 9.44. The number of para-hydroxylation sites is 1. The smallest absolute Gasteiger partial charge is 0.303 e. The molecule has 0 bridgehead atoms. The number of carboxylic acids is 1. The van der Waals surface area contributed by atoms with E-state index in [1.54, 1.807) is 12.1 Å². The van der Waals surface area contributed by atoms with Crippen molar-refractivity contribution in [1.29, 1.82) is 0 Å². The van der Waals surface area contributed by atoms with Gasteiger partial charge in [-0.2, -0.15) is 5.21 Å². The number of aromatic nitrogens is 4. The lowest BCUT2D eigenvalue weighted by atomic mass is 9.79. The number of carboxylic acid groups (broad SMARTS) is 1. The van der Waals surface area contributed by atoms with Crippen molar-refractivity contribution in [2.45, 2.75) is 64.0 Å². The van der Waals surface area contributed by atoms with Crippen LogP contribution in [0.3, 0.4) is 0 Å². The largest absolute Gasteiger partial charge is 0.481 e. The zero-order valence-electron chi connectivity index (χ0n) is 20.2. The molecule has 4 N–H and O–H groups in total. The Morgan fingerprint density at radius 1 is 1.08 bits per heavy atom. The van der Waals surface area contributed by atoms with Gasteiger partial charge >= 0.3 is 5.97 Å². The van der Waals surface area contributed by atoms with Crippen LogP contribution < -0.4 is 15.5 Å². The van der Waals surface area contributed by atoms with Crippen LogP contribution in [0.5, 0.6) is 0 Å². The van der Waals surface area contributed by atoms with E-state index < -0.39 is 35.1 Å². The fraction of sp³-hybridized carbons (Fsp3) is 0.500. The van der Waals surface area contributed by atoms with Crippen LogP contribution in [-0.2, 0) is 36.9 Å². The number of H-pyrrole nitrogens is 1. The lowest BCUT2D eigenvalue weighted by Crippen LogP contribution is -2.52. The van der Waals surface area contributed by atoms with Crippen LogP contribution >= 0.6 is 0 Å². The molecule has 1 saturated carbocycles. The number of nitrogens with one attached hydrogen (secondary N) is 3. The Balaban J connectivity index is 1.42. The Hall–Kier alpha value is -4.16. The zero-order chi connectivity index (χ0) is 26.4. The predicted molar refractivity (Wildman–Crippen MR) is 128 cm³/mol. The number of hydrogen-bond acceptors (Lipinski definition) is 8. The maximum Gasteiger partial charge on any atom is 0.303 e. The van der Waals surface area contributed by atoms with Gasteiger partial charge in [-0.05, 0) is 24.5 Å². The number of benzene rings is 1. The molecule has 2 heterocycles. The van der Waals surface area contributed by atoms with Gasteiger partial charge in [0.1, 0.15) is 11.8 Å². The van der Waals surface area contributed by atoms with E-state index in [1.807, 2.05) is 12.1 Å². The van der Waals surface area contributed by atoms with Crippen LogP contribution in [-0.4, -0.2) is 67.8 Å². The quantitative estimate of drug-likeness (QED) is 0.328. The summed E-state index contributed by atoms with van der Waals surface area (Å²) < 4.78 is 0. The van der Waals surface area contributed by atoms with Crippen molar-refractivity contribution >= 4 is 35.2 Å². The number of carbonyl (C=O) groups excluding carboxylic acids is 4. The topological polar surface area (TPSA) is 187 Å². The minimum Gasteiger partial charge on any atom is -0.481 e. The van der Waals surface area contributed by atoms with Gasteiger partial charge in [-0.1, -0.05) is 36.3 Å². The molecule has 0 unspecified atom stereocenters. The molecular weight excluding hydrogens is 482 g/mol. The molecule has 4 rings (SSSR count). The van der Waals surface area contributed by atoms with E-state index in [0.29, 0.717) is 30.8 Å². The molecule has 1 aliphatic heterocycles. The molecule has 2 aromatic rings. The van der Waals surface area contributed by atoms with E-state index in [0.717, 1.165) is 18.4 Å². The van der Waals surface area contributed by atoms with E-state index in [4.69, 9.17) is 5.11 Å². The number of tetrazole rings is 1. The highest BCUT2D eigenvalue weighted by atomic mass is 16.4. The van der Waals surface area contributed by atoms with Gasteiger partial charge in [0.25, 0.3) is 0 Å². The Bertz CT molecular complexity index is 1180. The molecule has 0 saturated heterocycles. The summed E-state index contributed by atoms with van der Waals surface area (Å²) in [5, 5.41) is 27.6. The Morgan fingerprint density at radius 2 is 1.84 bits per heavy atom. The van der Waals surface area contributed by atoms with Crippen molar-refractivity contribution in [3.8, 4) is 0 Å². The number of anilines is 1. The molecule has 13 nitrogen and oxygen atoms in total. The Morgan fingerprint density at radius 3 is 2.54 bits per heavy atom.